The van der Waals surface area contributed by atoms with Gasteiger partial charge in [0, 0.05) is 25.2 Å². The summed E-state index contributed by atoms with van der Waals surface area (Å²) in [5, 5.41) is 3.17. The number of amides is 1. The van der Waals surface area contributed by atoms with Crippen molar-refractivity contribution >= 4 is 5.91 Å². The van der Waals surface area contributed by atoms with Gasteiger partial charge < -0.3 is 11.1 Å². The second-order valence-corrected chi connectivity index (χ2v) is 7.32. The fourth-order valence-corrected chi connectivity index (χ4v) is 4.98. The molecule has 0 aromatic rings. The van der Waals surface area contributed by atoms with Gasteiger partial charge in [0.2, 0.25) is 5.91 Å². The number of nitrogens with two attached hydrogens (primary N) is 1. The number of fused-ring (bicyclic) bond motifs is 2. The van der Waals surface area contributed by atoms with Crippen LogP contribution in [0.2, 0.25) is 0 Å². The molecule has 0 spiro atoms. The van der Waals surface area contributed by atoms with Crippen LogP contribution in [0.5, 0.6) is 0 Å². The van der Waals surface area contributed by atoms with Crippen molar-refractivity contribution in [3.8, 4) is 0 Å². The van der Waals surface area contributed by atoms with E-state index in [1.54, 1.807) is 0 Å². The molecular weight excluding hydrogens is 262 g/mol. The predicted molar refractivity (Wildman–Crippen MR) is 84.8 cm³/mol. The van der Waals surface area contributed by atoms with Crippen molar-refractivity contribution in [2.45, 2.75) is 64.0 Å². The predicted octanol–water partition coefficient (Wildman–Crippen LogP) is 1.74. The quantitative estimate of drug-likeness (QED) is 0.812. The van der Waals surface area contributed by atoms with Gasteiger partial charge in [-0.3, -0.25) is 9.69 Å². The maximum atomic E-state index is 12.4. The van der Waals surface area contributed by atoms with Crippen molar-refractivity contribution in [2.75, 3.05) is 19.6 Å². The van der Waals surface area contributed by atoms with Gasteiger partial charge in [-0.05, 0) is 56.9 Å². The highest BCUT2D eigenvalue weighted by molar-refractivity contribution is 5.80. The zero-order chi connectivity index (χ0) is 14.8. The van der Waals surface area contributed by atoms with Gasteiger partial charge in [0.1, 0.15) is 0 Å². The van der Waals surface area contributed by atoms with Gasteiger partial charge in [-0.25, -0.2) is 0 Å². The first-order valence-corrected chi connectivity index (χ1v) is 8.98. The summed E-state index contributed by atoms with van der Waals surface area (Å²) in [7, 11) is 0. The molecule has 2 saturated carbocycles. The van der Waals surface area contributed by atoms with Gasteiger partial charge in [0.05, 0.1) is 5.92 Å². The van der Waals surface area contributed by atoms with Gasteiger partial charge in [0.25, 0.3) is 0 Å². The molecule has 3 rings (SSSR count). The summed E-state index contributed by atoms with van der Waals surface area (Å²) < 4.78 is 0. The number of likely N-dealkylation sites (tertiary alicyclic amines) is 1. The Morgan fingerprint density at radius 3 is 2.76 bits per heavy atom. The molecule has 2 bridgehead atoms. The number of carbonyl (C=O) groups is 1. The van der Waals surface area contributed by atoms with E-state index in [1.807, 2.05) is 0 Å². The summed E-state index contributed by atoms with van der Waals surface area (Å²) in [4.78, 5) is 15.0. The normalized spacial score (nSPS) is 39.6. The Kier molecular flexibility index (Phi) is 4.85. The molecule has 5 atom stereocenters. The van der Waals surface area contributed by atoms with Gasteiger partial charge in [-0.2, -0.15) is 0 Å². The van der Waals surface area contributed by atoms with E-state index in [9.17, 15) is 4.79 Å². The molecule has 4 nitrogen and oxygen atoms in total. The van der Waals surface area contributed by atoms with Crippen LogP contribution in [-0.4, -0.2) is 42.5 Å². The second kappa shape index (κ2) is 6.66. The molecule has 1 heterocycles. The van der Waals surface area contributed by atoms with Crippen molar-refractivity contribution in [3.63, 3.8) is 0 Å². The van der Waals surface area contributed by atoms with Crippen molar-refractivity contribution in [1.29, 1.82) is 0 Å². The number of carbonyl (C=O) groups excluding carboxylic acids is 1. The molecule has 0 aromatic carbocycles. The molecule has 3 N–H and O–H groups in total. The summed E-state index contributed by atoms with van der Waals surface area (Å²) in [5.41, 5.74) is 6.25. The van der Waals surface area contributed by atoms with Crippen LogP contribution in [0.25, 0.3) is 0 Å². The van der Waals surface area contributed by atoms with E-state index in [1.165, 1.54) is 51.5 Å². The highest BCUT2D eigenvalue weighted by atomic mass is 16.1. The van der Waals surface area contributed by atoms with Crippen molar-refractivity contribution in [1.82, 2.24) is 10.2 Å². The number of nitrogens with zero attached hydrogens (tertiary/aromatic N) is 1. The average molecular weight is 293 g/mol. The Hall–Kier alpha value is -0.610. The van der Waals surface area contributed by atoms with Crippen LogP contribution in [0.3, 0.4) is 0 Å². The van der Waals surface area contributed by atoms with E-state index in [0.717, 1.165) is 19.1 Å². The topological polar surface area (TPSA) is 58.4 Å². The van der Waals surface area contributed by atoms with Crippen molar-refractivity contribution in [3.05, 3.63) is 0 Å². The SMILES string of the molecule is CCC1CCCCN1CCNC(=O)C1C2CCC(C2)C1N. The fraction of sp³-hybridized carbons (Fsp3) is 0.941. The lowest BCUT2D eigenvalue weighted by Gasteiger charge is -2.35. The largest absolute Gasteiger partial charge is 0.355 e. The second-order valence-electron chi connectivity index (χ2n) is 7.32. The third-order valence-corrected chi connectivity index (χ3v) is 6.20. The minimum absolute atomic E-state index is 0.0899. The van der Waals surface area contributed by atoms with Gasteiger partial charge >= 0.3 is 0 Å². The Bertz CT molecular complexity index is 371. The van der Waals surface area contributed by atoms with Crippen molar-refractivity contribution in [2.24, 2.45) is 23.5 Å². The van der Waals surface area contributed by atoms with E-state index in [0.29, 0.717) is 11.8 Å². The molecule has 120 valence electrons. The summed E-state index contributed by atoms with van der Waals surface area (Å²) in [6.45, 7) is 5.26. The van der Waals surface area contributed by atoms with Crippen LogP contribution in [0, 0.1) is 17.8 Å². The van der Waals surface area contributed by atoms with Gasteiger partial charge in [-0.15, -0.1) is 0 Å². The summed E-state index contributed by atoms with van der Waals surface area (Å²) in [6, 6.07) is 0.836. The van der Waals surface area contributed by atoms with Gasteiger partial charge in [0.15, 0.2) is 0 Å². The molecule has 5 unspecified atom stereocenters. The van der Waals surface area contributed by atoms with Crippen LogP contribution in [-0.2, 0) is 4.79 Å². The maximum Gasteiger partial charge on any atom is 0.225 e. The molecule has 1 saturated heterocycles. The fourth-order valence-electron chi connectivity index (χ4n) is 4.98. The first-order chi connectivity index (χ1) is 10.2. The van der Waals surface area contributed by atoms with E-state index in [2.05, 4.69) is 17.1 Å². The van der Waals surface area contributed by atoms with E-state index >= 15 is 0 Å². The lowest BCUT2D eigenvalue weighted by Crippen LogP contribution is -2.48. The first-order valence-electron chi connectivity index (χ1n) is 8.98. The lowest BCUT2D eigenvalue weighted by molar-refractivity contribution is -0.127. The summed E-state index contributed by atoms with van der Waals surface area (Å²) in [5.74, 6) is 1.48. The van der Waals surface area contributed by atoms with E-state index < -0.39 is 0 Å². The van der Waals surface area contributed by atoms with E-state index in [-0.39, 0.29) is 17.9 Å². The molecule has 3 fully saturated rings. The summed E-state index contributed by atoms with van der Waals surface area (Å²) in [6.07, 6.45) is 8.85. The summed E-state index contributed by atoms with van der Waals surface area (Å²) >= 11 is 0. The highest BCUT2D eigenvalue weighted by Crippen LogP contribution is 2.47. The van der Waals surface area contributed by atoms with Crippen LogP contribution < -0.4 is 11.1 Å². The molecular formula is C17H31N3O. The molecule has 1 amide bonds. The Labute approximate surface area is 128 Å². The van der Waals surface area contributed by atoms with Crippen LogP contribution >= 0.6 is 0 Å². The minimum Gasteiger partial charge on any atom is -0.355 e. The molecule has 1 aliphatic heterocycles. The van der Waals surface area contributed by atoms with E-state index in [4.69, 9.17) is 5.73 Å². The number of hydrogen-bond donors (Lipinski definition) is 2. The Balaban J connectivity index is 1.44. The Morgan fingerprint density at radius 1 is 1.24 bits per heavy atom. The zero-order valence-electron chi connectivity index (χ0n) is 13.4. The van der Waals surface area contributed by atoms with Gasteiger partial charge in [-0.1, -0.05) is 13.3 Å². The maximum absolute atomic E-state index is 12.4. The molecule has 4 heteroatoms. The third-order valence-electron chi connectivity index (χ3n) is 6.20. The highest BCUT2D eigenvalue weighted by Gasteiger charge is 2.48. The number of nitrogens with one attached hydrogen (secondary N) is 1. The number of hydrogen-bond acceptors (Lipinski definition) is 3. The van der Waals surface area contributed by atoms with Crippen LogP contribution in [0.4, 0.5) is 0 Å². The first kappa shape index (κ1) is 15.3. The standard InChI is InChI=1S/C17H31N3O/c1-2-14-5-3-4-9-20(14)10-8-19-17(21)15-12-6-7-13(11-12)16(15)18/h12-16H,2-11,18H2,1H3,(H,19,21). The third kappa shape index (κ3) is 3.11. The average Bonchev–Trinajstić information content (AvgIpc) is 3.08. The van der Waals surface area contributed by atoms with Crippen LogP contribution in [0.15, 0.2) is 0 Å². The molecule has 2 aliphatic carbocycles. The number of rotatable bonds is 5. The lowest BCUT2D eigenvalue weighted by atomic mass is 9.84. The zero-order valence-corrected chi connectivity index (χ0v) is 13.4. The minimum atomic E-state index is 0.0899. The Morgan fingerprint density at radius 2 is 2.05 bits per heavy atom. The van der Waals surface area contributed by atoms with Crippen LogP contribution in [0.1, 0.15) is 51.9 Å². The molecule has 21 heavy (non-hydrogen) atoms. The van der Waals surface area contributed by atoms with Crippen molar-refractivity contribution < 1.29 is 4.79 Å². The monoisotopic (exact) mass is 293 g/mol. The smallest absolute Gasteiger partial charge is 0.225 e. The molecule has 0 radical (unpaired) electrons. The molecule has 0 aromatic heterocycles. The molecule has 3 aliphatic rings. The number of piperidine rings is 1.